The largest absolute Gasteiger partial charge is 0.0654 e. The molecule has 0 fully saturated rings. The van der Waals surface area contributed by atoms with Crippen molar-refractivity contribution < 1.29 is 0 Å². The maximum Gasteiger partial charge on any atom is -0.0443 e. The minimum atomic E-state index is 0.947. The third kappa shape index (κ3) is 20.5. The molecular formula is C27H56. The fourth-order valence-corrected chi connectivity index (χ4v) is 4.43. The van der Waals surface area contributed by atoms with Gasteiger partial charge >= 0.3 is 0 Å². The second-order valence-electron chi connectivity index (χ2n) is 9.94. The fraction of sp³-hybridized carbons (Fsp3) is 1.00. The first kappa shape index (κ1) is 27.0. The summed E-state index contributed by atoms with van der Waals surface area (Å²) in [5.74, 6) is 2.86. The van der Waals surface area contributed by atoms with Crippen LogP contribution in [0.4, 0.5) is 0 Å². The van der Waals surface area contributed by atoms with E-state index in [1.807, 2.05) is 0 Å². The molecule has 0 saturated carbocycles. The van der Waals surface area contributed by atoms with Gasteiger partial charge in [-0.15, -0.1) is 0 Å². The zero-order chi connectivity index (χ0) is 20.2. The second kappa shape index (κ2) is 20.7. The lowest BCUT2D eigenvalue weighted by Gasteiger charge is -2.16. The Labute approximate surface area is 174 Å². The van der Waals surface area contributed by atoms with Crippen molar-refractivity contribution in [3.05, 3.63) is 0 Å². The van der Waals surface area contributed by atoms with E-state index in [1.54, 1.807) is 0 Å². The third-order valence-electron chi connectivity index (χ3n) is 6.64. The normalized spacial score (nSPS) is 15.0. The summed E-state index contributed by atoms with van der Waals surface area (Å²) >= 11 is 0. The second-order valence-corrected chi connectivity index (χ2v) is 9.94. The van der Waals surface area contributed by atoms with Gasteiger partial charge in [0.2, 0.25) is 0 Å². The maximum atomic E-state index is 2.49. The van der Waals surface area contributed by atoms with Gasteiger partial charge in [0.15, 0.2) is 0 Å². The van der Waals surface area contributed by atoms with E-state index in [2.05, 4.69) is 34.6 Å². The quantitative estimate of drug-likeness (QED) is 0.174. The molecule has 0 N–H and O–H groups in total. The van der Waals surface area contributed by atoms with Gasteiger partial charge in [0.1, 0.15) is 0 Å². The van der Waals surface area contributed by atoms with Crippen molar-refractivity contribution in [2.75, 3.05) is 0 Å². The molecule has 0 aromatic heterocycles. The van der Waals surface area contributed by atoms with Gasteiger partial charge < -0.3 is 0 Å². The molecule has 0 spiro atoms. The van der Waals surface area contributed by atoms with Crippen molar-refractivity contribution in [2.24, 2.45) is 17.8 Å². The van der Waals surface area contributed by atoms with Gasteiger partial charge in [0.25, 0.3) is 0 Å². The Hall–Kier alpha value is 0. The summed E-state index contributed by atoms with van der Waals surface area (Å²) < 4.78 is 0. The number of rotatable bonds is 21. The summed E-state index contributed by atoms with van der Waals surface area (Å²) in [6, 6.07) is 0. The molecule has 0 radical (unpaired) electrons. The Balaban J connectivity index is 3.40. The van der Waals surface area contributed by atoms with Crippen LogP contribution >= 0.6 is 0 Å². The first-order valence-electron chi connectivity index (χ1n) is 13.1. The van der Waals surface area contributed by atoms with Gasteiger partial charge in [0.05, 0.1) is 0 Å². The number of hydrogen-bond acceptors (Lipinski definition) is 0. The van der Waals surface area contributed by atoms with E-state index in [4.69, 9.17) is 0 Å². The van der Waals surface area contributed by atoms with Crippen molar-refractivity contribution in [3.8, 4) is 0 Å². The highest BCUT2D eigenvalue weighted by molar-refractivity contribution is 4.61. The van der Waals surface area contributed by atoms with Gasteiger partial charge in [-0.25, -0.2) is 0 Å². The Morgan fingerprint density at radius 2 is 0.593 bits per heavy atom. The Kier molecular flexibility index (Phi) is 20.7. The minimum Gasteiger partial charge on any atom is -0.0654 e. The van der Waals surface area contributed by atoms with E-state index < -0.39 is 0 Å². The van der Waals surface area contributed by atoms with Gasteiger partial charge in [-0.1, -0.05) is 157 Å². The number of unbranched alkanes of at least 4 members (excludes halogenated alkanes) is 9. The standard InChI is InChI=1S/C27H56/c1-6-8-10-11-12-13-14-16-20-26(4)22-18-24-27(5)23-17-21-25(3)19-15-9-7-2/h25-27H,6-24H2,1-5H3. The summed E-state index contributed by atoms with van der Waals surface area (Å²) in [5, 5.41) is 0. The van der Waals surface area contributed by atoms with Crippen LogP contribution < -0.4 is 0 Å². The first-order chi connectivity index (χ1) is 13.1. The molecule has 3 unspecified atom stereocenters. The summed E-state index contributed by atoms with van der Waals surface area (Å²) in [4.78, 5) is 0. The molecule has 0 aromatic rings. The summed E-state index contributed by atoms with van der Waals surface area (Å²) in [7, 11) is 0. The van der Waals surface area contributed by atoms with E-state index in [0.717, 1.165) is 17.8 Å². The molecule has 0 saturated heterocycles. The smallest absolute Gasteiger partial charge is 0.0443 e. The van der Waals surface area contributed by atoms with E-state index in [9.17, 15) is 0 Å². The van der Waals surface area contributed by atoms with Gasteiger partial charge in [0, 0.05) is 0 Å². The SMILES string of the molecule is CCCCCCCCCCC(C)CCCC(C)CCCC(C)CCCCC. The highest BCUT2D eigenvalue weighted by atomic mass is 14.1. The highest BCUT2D eigenvalue weighted by Gasteiger charge is 2.07. The molecular weight excluding hydrogens is 324 g/mol. The van der Waals surface area contributed by atoms with Crippen LogP contribution in [0.3, 0.4) is 0 Å². The van der Waals surface area contributed by atoms with E-state index >= 15 is 0 Å². The maximum absolute atomic E-state index is 2.49. The Bertz CT molecular complexity index is 269. The van der Waals surface area contributed by atoms with Crippen LogP contribution in [0.5, 0.6) is 0 Å². The van der Waals surface area contributed by atoms with Gasteiger partial charge in [-0.05, 0) is 17.8 Å². The molecule has 0 heterocycles. The van der Waals surface area contributed by atoms with Crippen molar-refractivity contribution in [2.45, 2.75) is 157 Å². The topological polar surface area (TPSA) is 0 Å². The van der Waals surface area contributed by atoms with Crippen molar-refractivity contribution in [1.29, 1.82) is 0 Å². The predicted molar refractivity (Wildman–Crippen MR) is 127 cm³/mol. The summed E-state index contributed by atoms with van der Waals surface area (Å²) in [6.45, 7) is 12.1. The van der Waals surface area contributed by atoms with Crippen LogP contribution in [0.1, 0.15) is 157 Å². The van der Waals surface area contributed by atoms with Crippen LogP contribution in [-0.4, -0.2) is 0 Å². The molecule has 0 rings (SSSR count). The molecule has 0 nitrogen and oxygen atoms in total. The van der Waals surface area contributed by atoms with Crippen LogP contribution in [0.15, 0.2) is 0 Å². The van der Waals surface area contributed by atoms with Crippen LogP contribution in [0, 0.1) is 17.8 Å². The molecule has 0 bridgehead atoms. The third-order valence-corrected chi connectivity index (χ3v) is 6.64. The van der Waals surface area contributed by atoms with E-state index in [0.29, 0.717) is 0 Å². The zero-order valence-corrected chi connectivity index (χ0v) is 20.2. The van der Waals surface area contributed by atoms with Gasteiger partial charge in [-0.3, -0.25) is 0 Å². The number of hydrogen-bond donors (Lipinski definition) is 0. The Morgan fingerprint density at radius 3 is 1.00 bits per heavy atom. The molecule has 0 amide bonds. The molecule has 0 aromatic carbocycles. The Morgan fingerprint density at radius 1 is 0.333 bits per heavy atom. The molecule has 0 aliphatic heterocycles. The van der Waals surface area contributed by atoms with Crippen LogP contribution in [-0.2, 0) is 0 Å². The van der Waals surface area contributed by atoms with E-state index in [1.165, 1.54) is 122 Å². The minimum absolute atomic E-state index is 0.947. The summed E-state index contributed by atoms with van der Waals surface area (Å²) in [5.41, 5.74) is 0. The van der Waals surface area contributed by atoms with E-state index in [-0.39, 0.29) is 0 Å². The van der Waals surface area contributed by atoms with Crippen molar-refractivity contribution in [3.63, 3.8) is 0 Å². The van der Waals surface area contributed by atoms with Gasteiger partial charge in [-0.2, -0.15) is 0 Å². The lowest BCUT2D eigenvalue weighted by Crippen LogP contribution is -2.01. The lowest BCUT2D eigenvalue weighted by molar-refractivity contribution is 0.374. The van der Waals surface area contributed by atoms with Crippen LogP contribution in [0.2, 0.25) is 0 Å². The molecule has 164 valence electrons. The zero-order valence-electron chi connectivity index (χ0n) is 20.2. The molecule has 3 atom stereocenters. The first-order valence-corrected chi connectivity index (χ1v) is 13.1. The van der Waals surface area contributed by atoms with Crippen LogP contribution in [0.25, 0.3) is 0 Å². The summed E-state index contributed by atoms with van der Waals surface area (Å²) in [6.07, 6.45) is 27.6. The molecule has 27 heavy (non-hydrogen) atoms. The highest BCUT2D eigenvalue weighted by Crippen LogP contribution is 2.23. The molecule has 0 heteroatoms. The lowest BCUT2D eigenvalue weighted by atomic mass is 9.90. The fourth-order valence-electron chi connectivity index (χ4n) is 4.43. The van der Waals surface area contributed by atoms with Crippen molar-refractivity contribution in [1.82, 2.24) is 0 Å². The average molecular weight is 381 g/mol. The monoisotopic (exact) mass is 380 g/mol. The molecule has 0 aliphatic carbocycles. The molecule has 0 aliphatic rings. The van der Waals surface area contributed by atoms with Crippen molar-refractivity contribution >= 4 is 0 Å². The average Bonchev–Trinajstić information content (AvgIpc) is 2.64. The predicted octanol–water partition coefficient (Wildman–Crippen LogP) is 10.3.